The van der Waals surface area contributed by atoms with E-state index in [1.54, 1.807) is 24.3 Å². The molecule has 0 amide bonds. The van der Waals surface area contributed by atoms with E-state index in [1.807, 2.05) is 0 Å². The first-order valence-corrected chi connectivity index (χ1v) is 8.40. The molecule has 0 saturated carbocycles. The van der Waals surface area contributed by atoms with Crippen LogP contribution in [0.25, 0.3) is 0 Å². The van der Waals surface area contributed by atoms with Gasteiger partial charge in [0, 0.05) is 30.7 Å². The van der Waals surface area contributed by atoms with Gasteiger partial charge in [-0.1, -0.05) is 12.1 Å². The largest absolute Gasteiger partial charge is 0.497 e. The van der Waals surface area contributed by atoms with E-state index in [4.69, 9.17) is 4.74 Å². The number of nitro groups is 1. The van der Waals surface area contributed by atoms with Crippen molar-refractivity contribution >= 4 is 11.5 Å². The number of hydrogen-bond donors (Lipinski definition) is 3. The van der Waals surface area contributed by atoms with Gasteiger partial charge in [0.05, 0.1) is 30.8 Å². The van der Waals surface area contributed by atoms with Crippen LogP contribution in [0.2, 0.25) is 0 Å². The van der Waals surface area contributed by atoms with Gasteiger partial charge in [-0.25, -0.2) is 0 Å². The summed E-state index contributed by atoms with van der Waals surface area (Å²) in [4.78, 5) is 22.4. The van der Waals surface area contributed by atoms with Crippen molar-refractivity contribution in [1.29, 1.82) is 0 Å². The summed E-state index contributed by atoms with van der Waals surface area (Å²) < 4.78 is 5.09. The minimum Gasteiger partial charge on any atom is -0.497 e. The van der Waals surface area contributed by atoms with Gasteiger partial charge in [-0.05, 0) is 29.8 Å². The molecule has 2 aromatic carbocycles. The molecule has 0 spiro atoms. The lowest BCUT2D eigenvalue weighted by Crippen LogP contribution is -2.39. The highest BCUT2D eigenvalue weighted by atomic mass is 16.6. The van der Waals surface area contributed by atoms with Crippen LogP contribution >= 0.6 is 0 Å². The van der Waals surface area contributed by atoms with Crippen molar-refractivity contribution in [2.24, 2.45) is 0 Å². The minimum atomic E-state index is -1.07. The van der Waals surface area contributed by atoms with E-state index < -0.39 is 17.1 Å². The molecule has 0 saturated heterocycles. The summed E-state index contributed by atoms with van der Waals surface area (Å²) in [5.74, 6) is 0.499. The van der Waals surface area contributed by atoms with Gasteiger partial charge in [-0.3, -0.25) is 14.9 Å². The molecular formula is C19H22N2O6. The highest BCUT2D eigenvalue weighted by molar-refractivity contribution is 5.96. The normalized spacial score (nSPS) is 13.0. The number of aliphatic hydroxyl groups is 2. The third-order valence-electron chi connectivity index (χ3n) is 4.17. The molecule has 0 aliphatic carbocycles. The molecule has 27 heavy (non-hydrogen) atoms. The highest BCUT2D eigenvalue weighted by Crippen LogP contribution is 2.20. The van der Waals surface area contributed by atoms with Crippen LogP contribution in [0.3, 0.4) is 0 Å². The Kier molecular flexibility index (Phi) is 7.42. The zero-order valence-electron chi connectivity index (χ0n) is 14.9. The van der Waals surface area contributed by atoms with Gasteiger partial charge in [-0.15, -0.1) is 0 Å². The van der Waals surface area contributed by atoms with Gasteiger partial charge in [0.15, 0.2) is 5.78 Å². The van der Waals surface area contributed by atoms with Crippen molar-refractivity contribution in [2.75, 3.05) is 20.3 Å². The van der Waals surface area contributed by atoms with E-state index >= 15 is 0 Å². The second kappa shape index (κ2) is 9.77. The molecule has 0 fully saturated rings. The Labute approximate surface area is 156 Å². The smallest absolute Gasteiger partial charge is 0.269 e. The fourth-order valence-electron chi connectivity index (χ4n) is 2.61. The molecule has 0 bridgehead atoms. The first kappa shape index (κ1) is 20.5. The summed E-state index contributed by atoms with van der Waals surface area (Å²) in [6.07, 6.45) is -0.890. The lowest BCUT2D eigenvalue weighted by molar-refractivity contribution is -0.384. The van der Waals surface area contributed by atoms with E-state index in [9.17, 15) is 25.1 Å². The third-order valence-corrected chi connectivity index (χ3v) is 4.17. The molecule has 2 aromatic rings. The molecule has 0 aromatic heterocycles. The fourth-order valence-corrected chi connectivity index (χ4v) is 2.61. The number of carbonyl (C=O) groups excluding carboxylic acids is 1. The quantitative estimate of drug-likeness (QED) is 0.330. The summed E-state index contributed by atoms with van der Waals surface area (Å²) in [5, 5.41) is 33.5. The molecule has 0 heterocycles. The van der Waals surface area contributed by atoms with Crippen molar-refractivity contribution in [1.82, 2.24) is 5.32 Å². The van der Waals surface area contributed by atoms with Crippen LogP contribution in [0.5, 0.6) is 5.75 Å². The molecule has 144 valence electrons. The zero-order valence-corrected chi connectivity index (χ0v) is 14.9. The molecule has 3 N–H and O–H groups in total. The number of benzene rings is 2. The number of ether oxygens (including phenoxy) is 1. The maximum Gasteiger partial charge on any atom is 0.269 e. The van der Waals surface area contributed by atoms with E-state index in [1.165, 1.54) is 31.4 Å². The number of nitrogens with zero attached hydrogens (tertiary/aromatic N) is 1. The van der Waals surface area contributed by atoms with Gasteiger partial charge in [0.25, 0.3) is 5.69 Å². The molecule has 0 aliphatic rings. The Hall–Kier alpha value is -2.81. The number of aliphatic hydroxyl groups excluding tert-OH is 2. The number of nitrogens with one attached hydrogen (secondary N) is 1. The maximum atomic E-state index is 12.2. The van der Waals surface area contributed by atoms with Crippen LogP contribution in [0, 0.1) is 10.1 Å². The number of nitro benzene ring substituents is 1. The maximum absolute atomic E-state index is 12.2. The van der Waals surface area contributed by atoms with Crippen LogP contribution in [-0.2, 0) is 0 Å². The van der Waals surface area contributed by atoms with Gasteiger partial charge >= 0.3 is 0 Å². The average molecular weight is 374 g/mol. The van der Waals surface area contributed by atoms with E-state index in [-0.39, 0.29) is 31.0 Å². The number of rotatable bonds is 10. The summed E-state index contributed by atoms with van der Waals surface area (Å²) >= 11 is 0. The monoisotopic (exact) mass is 374 g/mol. The lowest BCUT2D eigenvalue weighted by Gasteiger charge is -2.22. The van der Waals surface area contributed by atoms with Gasteiger partial charge in [0.2, 0.25) is 0 Å². The standard InChI is InChI=1S/C19H22N2O6/c1-27-16-4-2-3-14(11-16)18(23)9-10-20-17(12-22)19(24)13-5-7-15(8-6-13)21(25)26/h2-8,11,17,19-20,22,24H,9-10,12H2,1H3. The minimum absolute atomic E-state index is 0.0802. The Morgan fingerprint density at radius 2 is 1.96 bits per heavy atom. The lowest BCUT2D eigenvalue weighted by atomic mass is 10.0. The number of carbonyl (C=O) groups is 1. The van der Waals surface area contributed by atoms with E-state index in [0.717, 1.165) is 0 Å². The van der Waals surface area contributed by atoms with Gasteiger partial charge < -0.3 is 20.3 Å². The molecular weight excluding hydrogens is 352 g/mol. The predicted octanol–water partition coefficient (Wildman–Crippen LogP) is 1.86. The van der Waals surface area contributed by atoms with Crippen molar-refractivity contribution in [3.05, 3.63) is 69.8 Å². The third kappa shape index (κ3) is 5.58. The molecule has 2 unspecified atom stereocenters. The molecule has 2 atom stereocenters. The summed E-state index contributed by atoms with van der Waals surface area (Å²) in [6.45, 7) is -0.100. The van der Waals surface area contributed by atoms with Crippen molar-refractivity contribution in [3.63, 3.8) is 0 Å². The van der Waals surface area contributed by atoms with Crippen LogP contribution in [0.4, 0.5) is 5.69 Å². The molecule has 0 aliphatic heterocycles. The van der Waals surface area contributed by atoms with Crippen LogP contribution in [-0.4, -0.2) is 47.2 Å². The topological polar surface area (TPSA) is 122 Å². The number of non-ortho nitro benzene ring substituents is 1. The first-order valence-electron chi connectivity index (χ1n) is 8.40. The van der Waals surface area contributed by atoms with Gasteiger partial charge in [0.1, 0.15) is 5.75 Å². The second-order valence-corrected chi connectivity index (χ2v) is 5.94. The summed E-state index contributed by atoms with van der Waals surface area (Å²) in [7, 11) is 1.52. The van der Waals surface area contributed by atoms with E-state index in [2.05, 4.69) is 5.32 Å². The predicted molar refractivity (Wildman–Crippen MR) is 98.9 cm³/mol. The van der Waals surface area contributed by atoms with E-state index in [0.29, 0.717) is 16.9 Å². The van der Waals surface area contributed by atoms with Crippen molar-refractivity contribution < 1.29 is 24.7 Å². The first-order chi connectivity index (χ1) is 13.0. The molecule has 8 nitrogen and oxygen atoms in total. The second-order valence-electron chi connectivity index (χ2n) is 5.94. The Bertz CT molecular complexity index is 778. The van der Waals surface area contributed by atoms with Crippen LogP contribution in [0.1, 0.15) is 28.4 Å². The average Bonchev–Trinajstić information content (AvgIpc) is 2.70. The molecule has 8 heteroatoms. The van der Waals surface area contributed by atoms with Crippen LogP contribution in [0.15, 0.2) is 48.5 Å². The van der Waals surface area contributed by atoms with Crippen molar-refractivity contribution in [2.45, 2.75) is 18.6 Å². The van der Waals surface area contributed by atoms with Crippen molar-refractivity contribution in [3.8, 4) is 5.75 Å². The fraction of sp³-hybridized carbons (Fsp3) is 0.316. The number of ketones is 1. The SMILES string of the molecule is COc1cccc(C(=O)CCNC(CO)C(O)c2ccc([N+](=O)[O-])cc2)c1. The summed E-state index contributed by atoms with van der Waals surface area (Å²) in [5.41, 5.74) is 0.877. The zero-order chi connectivity index (χ0) is 19.8. The summed E-state index contributed by atoms with van der Waals surface area (Å²) in [6, 6.07) is 11.6. The van der Waals surface area contributed by atoms with Crippen LogP contribution < -0.4 is 10.1 Å². The Morgan fingerprint density at radius 3 is 2.56 bits per heavy atom. The molecule has 0 radical (unpaired) electrons. The number of Topliss-reactive ketones (excluding diaryl/α,β-unsaturated/α-hetero) is 1. The van der Waals surface area contributed by atoms with Gasteiger partial charge in [-0.2, -0.15) is 0 Å². The Balaban J connectivity index is 1.92. The highest BCUT2D eigenvalue weighted by Gasteiger charge is 2.21. The number of hydrogen-bond acceptors (Lipinski definition) is 7. The molecule has 2 rings (SSSR count). The number of methoxy groups -OCH3 is 1. The Morgan fingerprint density at radius 1 is 1.26 bits per heavy atom.